The van der Waals surface area contributed by atoms with Crippen LogP contribution in [0, 0.1) is 18.6 Å². The normalized spacial score (nSPS) is 14.2. The highest BCUT2D eigenvalue weighted by atomic mass is 19.2. The van der Waals surface area contributed by atoms with E-state index in [4.69, 9.17) is 4.98 Å². The summed E-state index contributed by atoms with van der Waals surface area (Å²) in [5, 5.41) is 0. The van der Waals surface area contributed by atoms with E-state index in [1.165, 1.54) is 17.7 Å². The standard InChI is InChI=1S/C22H20F2N4/c1-15-11-21(27-22(26-15)18-3-2-8-25-14-18)28-9-6-16(7-10-28)12-17-4-5-19(23)20(24)13-17/h2-5,8,11-14H,6-7,9-10H2,1H3. The van der Waals surface area contributed by atoms with Gasteiger partial charge in [0, 0.05) is 42.8 Å². The smallest absolute Gasteiger partial charge is 0.163 e. The molecule has 0 N–H and O–H groups in total. The molecule has 142 valence electrons. The Morgan fingerprint density at radius 1 is 1.00 bits per heavy atom. The lowest BCUT2D eigenvalue weighted by Crippen LogP contribution is -2.31. The molecule has 0 unspecified atom stereocenters. The zero-order chi connectivity index (χ0) is 19.5. The number of aryl methyl sites for hydroxylation is 1. The molecule has 3 heterocycles. The molecule has 0 radical (unpaired) electrons. The fourth-order valence-electron chi connectivity index (χ4n) is 3.34. The van der Waals surface area contributed by atoms with Gasteiger partial charge in [-0.15, -0.1) is 0 Å². The molecule has 1 aliphatic heterocycles. The summed E-state index contributed by atoms with van der Waals surface area (Å²) in [7, 11) is 0. The molecule has 0 saturated carbocycles. The highest BCUT2D eigenvalue weighted by Crippen LogP contribution is 2.25. The largest absolute Gasteiger partial charge is 0.356 e. The third-order valence-electron chi connectivity index (χ3n) is 4.80. The average molecular weight is 378 g/mol. The van der Waals surface area contributed by atoms with Gasteiger partial charge in [0.15, 0.2) is 17.5 Å². The van der Waals surface area contributed by atoms with Gasteiger partial charge < -0.3 is 4.90 Å². The van der Waals surface area contributed by atoms with Crippen molar-refractivity contribution in [3.63, 3.8) is 0 Å². The molecule has 4 rings (SSSR count). The molecule has 1 saturated heterocycles. The van der Waals surface area contributed by atoms with Crippen molar-refractivity contribution in [2.24, 2.45) is 0 Å². The Morgan fingerprint density at radius 3 is 2.54 bits per heavy atom. The van der Waals surface area contributed by atoms with Crippen molar-refractivity contribution in [1.29, 1.82) is 0 Å². The molecule has 1 aromatic carbocycles. The molecule has 0 amide bonds. The average Bonchev–Trinajstić information content (AvgIpc) is 2.71. The number of hydrogen-bond donors (Lipinski definition) is 0. The zero-order valence-corrected chi connectivity index (χ0v) is 15.6. The van der Waals surface area contributed by atoms with Gasteiger partial charge in [-0.2, -0.15) is 0 Å². The van der Waals surface area contributed by atoms with Gasteiger partial charge >= 0.3 is 0 Å². The predicted molar refractivity (Wildman–Crippen MR) is 106 cm³/mol. The van der Waals surface area contributed by atoms with E-state index in [9.17, 15) is 8.78 Å². The summed E-state index contributed by atoms with van der Waals surface area (Å²) in [5.74, 6) is -0.0591. The second kappa shape index (κ2) is 7.84. The molecule has 2 aromatic heterocycles. The SMILES string of the molecule is Cc1cc(N2CCC(=Cc3ccc(F)c(F)c3)CC2)nc(-c2cccnc2)n1. The third-order valence-corrected chi connectivity index (χ3v) is 4.80. The number of halogens is 2. The maximum atomic E-state index is 13.4. The topological polar surface area (TPSA) is 41.9 Å². The molecule has 0 bridgehead atoms. The van der Waals surface area contributed by atoms with Crippen molar-refractivity contribution >= 4 is 11.9 Å². The molecular formula is C22H20F2N4. The van der Waals surface area contributed by atoms with Gasteiger partial charge in [0.2, 0.25) is 0 Å². The second-order valence-corrected chi connectivity index (χ2v) is 6.90. The van der Waals surface area contributed by atoms with E-state index in [0.29, 0.717) is 11.4 Å². The van der Waals surface area contributed by atoms with Crippen molar-refractivity contribution < 1.29 is 8.78 Å². The first kappa shape index (κ1) is 18.2. The number of benzene rings is 1. The third kappa shape index (κ3) is 4.06. The van der Waals surface area contributed by atoms with Crippen LogP contribution in [-0.2, 0) is 0 Å². The molecule has 3 aromatic rings. The first-order chi connectivity index (χ1) is 13.6. The summed E-state index contributed by atoms with van der Waals surface area (Å²) >= 11 is 0. The Morgan fingerprint density at radius 2 is 1.82 bits per heavy atom. The minimum atomic E-state index is -0.819. The molecular weight excluding hydrogens is 358 g/mol. The highest BCUT2D eigenvalue weighted by Gasteiger charge is 2.17. The molecule has 0 atom stereocenters. The minimum Gasteiger partial charge on any atom is -0.356 e. The Bertz CT molecular complexity index is 1010. The van der Waals surface area contributed by atoms with E-state index in [1.807, 2.05) is 31.2 Å². The first-order valence-electron chi connectivity index (χ1n) is 9.24. The van der Waals surface area contributed by atoms with Crippen LogP contribution in [0.4, 0.5) is 14.6 Å². The molecule has 6 heteroatoms. The van der Waals surface area contributed by atoms with Crippen LogP contribution in [0.15, 0.2) is 54.4 Å². The highest BCUT2D eigenvalue weighted by molar-refractivity contribution is 5.58. The lowest BCUT2D eigenvalue weighted by Gasteiger charge is -2.30. The number of hydrogen-bond acceptors (Lipinski definition) is 4. The Hall–Kier alpha value is -3.15. The van der Waals surface area contributed by atoms with Crippen LogP contribution in [0.25, 0.3) is 17.5 Å². The second-order valence-electron chi connectivity index (χ2n) is 6.90. The lowest BCUT2D eigenvalue weighted by atomic mass is 10.0. The van der Waals surface area contributed by atoms with Crippen LogP contribution in [0.3, 0.4) is 0 Å². The van der Waals surface area contributed by atoms with Crippen molar-refractivity contribution in [2.45, 2.75) is 19.8 Å². The van der Waals surface area contributed by atoms with Crippen LogP contribution in [0.5, 0.6) is 0 Å². The van der Waals surface area contributed by atoms with Gasteiger partial charge in [0.05, 0.1) is 0 Å². The number of rotatable bonds is 3. The van der Waals surface area contributed by atoms with Gasteiger partial charge in [0.25, 0.3) is 0 Å². The van der Waals surface area contributed by atoms with E-state index in [-0.39, 0.29) is 0 Å². The van der Waals surface area contributed by atoms with Gasteiger partial charge in [-0.05, 0) is 49.6 Å². The summed E-state index contributed by atoms with van der Waals surface area (Å²) in [4.78, 5) is 15.6. The van der Waals surface area contributed by atoms with E-state index >= 15 is 0 Å². The molecule has 28 heavy (non-hydrogen) atoms. The summed E-state index contributed by atoms with van der Waals surface area (Å²) in [5.41, 5.74) is 3.72. The Balaban J connectivity index is 1.50. The zero-order valence-electron chi connectivity index (χ0n) is 15.6. The fraction of sp³-hybridized carbons (Fsp3) is 0.227. The van der Waals surface area contributed by atoms with Gasteiger partial charge in [-0.1, -0.05) is 17.7 Å². The van der Waals surface area contributed by atoms with Crippen LogP contribution >= 0.6 is 0 Å². The Labute approximate surface area is 162 Å². The van der Waals surface area contributed by atoms with Crippen LogP contribution < -0.4 is 4.90 Å². The van der Waals surface area contributed by atoms with E-state index < -0.39 is 11.6 Å². The molecule has 0 spiro atoms. The molecule has 0 aliphatic carbocycles. The van der Waals surface area contributed by atoms with Crippen molar-refractivity contribution in [3.05, 3.63) is 77.3 Å². The molecule has 4 nitrogen and oxygen atoms in total. The van der Waals surface area contributed by atoms with Gasteiger partial charge in [-0.25, -0.2) is 18.7 Å². The van der Waals surface area contributed by atoms with Crippen molar-refractivity contribution in [2.75, 3.05) is 18.0 Å². The van der Waals surface area contributed by atoms with E-state index in [1.54, 1.807) is 18.5 Å². The van der Waals surface area contributed by atoms with Crippen LogP contribution in [-0.4, -0.2) is 28.0 Å². The Kier molecular flexibility index (Phi) is 5.10. The summed E-state index contributed by atoms with van der Waals surface area (Å²) < 4.78 is 26.5. The number of nitrogens with zero attached hydrogens (tertiary/aromatic N) is 4. The van der Waals surface area contributed by atoms with Crippen molar-refractivity contribution in [3.8, 4) is 11.4 Å². The summed E-state index contributed by atoms with van der Waals surface area (Å²) in [6.45, 7) is 3.60. The minimum absolute atomic E-state index is 0.672. The fourth-order valence-corrected chi connectivity index (χ4v) is 3.34. The quantitative estimate of drug-likeness (QED) is 0.656. The van der Waals surface area contributed by atoms with E-state index in [0.717, 1.165) is 43.0 Å². The van der Waals surface area contributed by atoms with Gasteiger partial charge in [-0.3, -0.25) is 4.98 Å². The number of aromatic nitrogens is 3. The summed E-state index contributed by atoms with van der Waals surface area (Å²) in [6, 6.07) is 9.82. The van der Waals surface area contributed by atoms with Crippen LogP contribution in [0.1, 0.15) is 24.1 Å². The lowest BCUT2D eigenvalue weighted by molar-refractivity contribution is 0.508. The molecule has 1 aliphatic rings. The van der Waals surface area contributed by atoms with Crippen LogP contribution in [0.2, 0.25) is 0 Å². The van der Waals surface area contributed by atoms with Crippen molar-refractivity contribution in [1.82, 2.24) is 15.0 Å². The number of piperidine rings is 1. The maximum absolute atomic E-state index is 13.4. The number of anilines is 1. The van der Waals surface area contributed by atoms with Gasteiger partial charge in [0.1, 0.15) is 5.82 Å². The molecule has 1 fully saturated rings. The van der Waals surface area contributed by atoms with E-state index in [2.05, 4.69) is 14.9 Å². The monoisotopic (exact) mass is 378 g/mol. The first-order valence-corrected chi connectivity index (χ1v) is 9.24. The summed E-state index contributed by atoms with van der Waals surface area (Å²) in [6.07, 6.45) is 7.14. The maximum Gasteiger partial charge on any atom is 0.163 e. The predicted octanol–water partition coefficient (Wildman–Crippen LogP) is 4.81. The number of pyridine rings is 1.